The monoisotopic (exact) mass is 383 g/mol. The van der Waals surface area contributed by atoms with Gasteiger partial charge in [0, 0.05) is 19.2 Å². The largest absolute Gasteiger partial charge is 0.507 e. The number of carbonyl (C=O) groups is 2. The summed E-state index contributed by atoms with van der Waals surface area (Å²) in [5.74, 6) is -2.22. The van der Waals surface area contributed by atoms with Gasteiger partial charge < -0.3 is 14.7 Å². The Labute approximate surface area is 163 Å². The third-order valence-electron chi connectivity index (χ3n) is 4.90. The normalized spacial score (nSPS) is 18.7. The number of amides is 1. The van der Waals surface area contributed by atoms with Crippen LogP contribution in [0.4, 0.5) is 4.39 Å². The minimum atomic E-state index is -0.762. The van der Waals surface area contributed by atoms with E-state index in [2.05, 4.69) is 0 Å². The van der Waals surface area contributed by atoms with E-state index in [1.165, 1.54) is 36.3 Å². The molecular weight excluding hydrogens is 361 g/mol. The smallest absolute Gasteiger partial charge is 0.295 e. The molecule has 2 aromatic carbocycles. The third-order valence-corrected chi connectivity index (χ3v) is 4.90. The molecule has 0 aromatic heterocycles. The fourth-order valence-electron chi connectivity index (χ4n) is 3.35. The number of aliphatic hydroxyl groups is 1. The van der Waals surface area contributed by atoms with Crippen molar-refractivity contribution < 1.29 is 23.8 Å². The van der Waals surface area contributed by atoms with Crippen LogP contribution in [0.5, 0.6) is 0 Å². The minimum Gasteiger partial charge on any atom is -0.507 e. The lowest BCUT2D eigenvalue weighted by Gasteiger charge is -2.25. The van der Waals surface area contributed by atoms with Crippen LogP contribution in [-0.2, 0) is 20.7 Å². The van der Waals surface area contributed by atoms with Crippen molar-refractivity contribution >= 4 is 17.4 Å². The van der Waals surface area contributed by atoms with Crippen LogP contribution in [0.3, 0.4) is 0 Å². The zero-order valence-corrected chi connectivity index (χ0v) is 15.8. The van der Waals surface area contributed by atoms with E-state index in [0.717, 1.165) is 17.5 Å². The van der Waals surface area contributed by atoms with Crippen LogP contribution in [0.2, 0.25) is 0 Å². The maximum absolute atomic E-state index is 13.2. The molecule has 1 heterocycles. The molecule has 1 N–H and O–H groups in total. The molecule has 1 aliphatic heterocycles. The highest BCUT2D eigenvalue weighted by atomic mass is 19.1. The van der Waals surface area contributed by atoms with Crippen molar-refractivity contribution in [1.29, 1.82) is 0 Å². The Morgan fingerprint density at radius 3 is 2.32 bits per heavy atom. The number of halogens is 1. The number of aryl methyl sites for hydroxylation is 1. The fourth-order valence-corrected chi connectivity index (χ4v) is 3.35. The maximum atomic E-state index is 13.2. The molecule has 6 heteroatoms. The molecule has 1 saturated heterocycles. The molecule has 1 atom stereocenters. The molecule has 3 rings (SSSR count). The van der Waals surface area contributed by atoms with E-state index in [-0.39, 0.29) is 30.0 Å². The first-order valence-electron chi connectivity index (χ1n) is 9.10. The molecule has 5 nitrogen and oxygen atoms in total. The summed E-state index contributed by atoms with van der Waals surface area (Å²) < 4.78 is 18.3. The zero-order chi connectivity index (χ0) is 20.3. The number of methoxy groups -OCH3 is 1. The summed E-state index contributed by atoms with van der Waals surface area (Å²) in [5.41, 5.74) is 2.12. The van der Waals surface area contributed by atoms with Gasteiger partial charge in [-0.1, -0.05) is 31.2 Å². The number of hydrogen-bond donors (Lipinski definition) is 1. The first kappa shape index (κ1) is 19.8. The van der Waals surface area contributed by atoms with Gasteiger partial charge in [0.1, 0.15) is 11.6 Å². The summed E-state index contributed by atoms with van der Waals surface area (Å²) in [5, 5.41) is 10.8. The van der Waals surface area contributed by atoms with Crippen molar-refractivity contribution in [2.45, 2.75) is 19.4 Å². The number of rotatable bonds is 6. The summed E-state index contributed by atoms with van der Waals surface area (Å²) in [4.78, 5) is 26.8. The van der Waals surface area contributed by atoms with Gasteiger partial charge in [-0.25, -0.2) is 4.39 Å². The van der Waals surface area contributed by atoms with Gasteiger partial charge >= 0.3 is 0 Å². The van der Waals surface area contributed by atoms with Crippen LogP contribution in [0.25, 0.3) is 5.76 Å². The molecule has 0 aliphatic carbocycles. The quantitative estimate of drug-likeness (QED) is 0.471. The van der Waals surface area contributed by atoms with Crippen LogP contribution in [0.1, 0.15) is 29.7 Å². The van der Waals surface area contributed by atoms with Gasteiger partial charge in [-0.15, -0.1) is 0 Å². The third kappa shape index (κ3) is 3.68. The minimum absolute atomic E-state index is 0.00282. The second kappa shape index (κ2) is 8.35. The molecular formula is C22H22FNO4. The van der Waals surface area contributed by atoms with E-state index in [1.807, 2.05) is 31.2 Å². The molecule has 2 aromatic rings. The van der Waals surface area contributed by atoms with Crippen molar-refractivity contribution in [2.75, 3.05) is 20.3 Å². The van der Waals surface area contributed by atoms with Gasteiger partial charge in [0.15, 0.2) is 0 Å². The SMILES string of the molecule is CCc1ccc(C2/C(=C(/O)c3ccc(F)cc3)C(=O)C(=O)N2CCOC)cc1. The maximum Gasteiger partial charge on any atom is 0.295 e. The van der Waals surface area contributed by atoms with Gasteiger partial charge in [-0.2, -0.15) is 0 Å². The predicted octanol–water partition coefficient (Wildman–Crippen LogP) is 3.46. The van der Waals surface area contributed by atoms with Crippen LogP contribution in [0.15, 0.2) is 54.1 Å². The van der Waals surface area contributed by atoms with E-state index < -0.39 is 23.5 Å². The van der Waals surface area contributed by atoms with E-state index in [9.17, 15) is 19.1 Å². The highest BCUT2D eigenvalue weighted by Crippen LogP contribution is 2.39. The predicted molar refractivity (Wildman–Crippen MR) is 103 cm³/mol. The average molecular weight is 383 g/mol. The first-order chi connectivity index (χ1) is 13.5. The molecule has 0 saturated carbocycles. The van der Waals surface area contributed by atoms with E-state index >= 15 is 0 Å². The Morgan fingerprint density at radius 1 is 1.11 bits per heavy atom. The van der Waals surface area contributed by atoms with Gasteiger partial charge in [-0.05, 0) is 41.8 Å². The summed E-state index contributed by atoms with van der Waals surface area (Å²) in [6.07, 6.45) is 0.861. The van der Waals surface area contributed by atoms with E-state index in [4.69, 9.17) is 4.74 Å². The number of hydrogen-bond acceptors (Lipinski definition) is 4. The molecule has 0 radical (unpaired) electrons. The van der Waals surface area contributed by atoms with Crippen LogP contribution in [0, 0.1) is 5.82 Å². The molecule has 0 bridgehead atoms. The number of nitrogens with zero attached hydrogens (tertiary/aromatic N) is 1. The molecule has 1 amide bonds. The van der Waals surface area contributed by atoms with Gasteiger partial charge in [0.25, 0.3) is 11.7 Å². The molecule has 1 unspecified atom stereocenters. The van der Waals surface area contributed by atoms with Crippen molar-refractivity contribution in [2.24, 2.45) is 0 Å². The molecule has 0 spiro atoms. The Balaban J connectivity index is 2.13. The second-order valence-electron chi connectivity index (χ2n) is 6.59. The average Bonchev–Trinajstić information content (AvgIpc) is 2.97. The van der Waals surface area contributed by atoms with Gasteiger partial charge in [0.2, 0.25) is 0 Å². The molecule has 146 valence electrons. The molecule has 28 heavy (non-hydrogen) atoms. The zero-order valence-electron chi connectivity index (χ0n) is 15.8. The lowest BCUT2D eigenvalue weighted by molar-refractivity contribution is -0.140. The lowest BCUT2D eigenvalue weighted by Crippen LogP contribution is -2.32. The van der Waals surface area contributed by atoms with E-state index in [0.29, 0.717) is 0 Å². The summed E-state index contributed by atoms with van der Waals surface area (Å²) in [6, 6.07) is 12.0. The van der Waals surface area contributed by atoms with E-state index in [1.54, 1.807) is 0 Å². The van der Waals surface area contributed by atoms with Crippen molar-refractivity contribution in [1.82, 2.24) is 4.90 Å². The number of ether oxygens (including phenoxy) is 1. The summed E-state index contributed by atoms with van der Waals surface area (Å²) in [7, 11) is 1.51. The highest BCUT2D eigenvalue weighted by Gasteiger charge is 2.45. The Kier molecular flexibility index (Phi) is 5.90. The summed E-state index contributed by atoms with van der Waals surface area (Å²) >= 11 is 0. The number of likely N-dealkylation sites (tertiary alicyclic amines) is 1. The Morgan fingerprint density at radius 2 is 1.75 bits per heavy atom. The van der Waals surface area contributed by atoms with Gasteiger partial charge in [0.05, 0.1) is 18.2 Å². The lowest BCUT2D eigenvalue weighted by atomic mass is 9.94. The van der Waals surface area contributed by atoms with Crippen LogP contribution >= 0.6 is 0 Å². The second-order valence-corrected chi connectivity index (χ2v) is 6.59. The van der Waals surface area contributed by atoms with Gasteiger partial charge in [-0.3, -0.25) is 9.59 Å². The van der Waals surface area contributed by atoms with Crippen molar-refractivity contribution in [3.63, 3.8) is 0 Å². The number of aliphatic hydroxyl groups excluding tert-OH is 1. The van der Waals surface area contributed by atoms with Crippen LogP contribution in [-0.4, -0.2) is 42.0 Å². The Hall–Kier alpha value is -2.99. The fraction of sp³-hybridized carbons (Fsp3) is 0.273. The molecule has 1 aliphatic rings. The first-order valence-corrected chi connectivity index (χ1v) is 9.10. The van der Waals surface area contributed by atoms with Crippen molar-refractivity contribution in [3.8, 4) is 0 Å². The number of benzene rings is 2. The number of Topliss-reactive ketones (excluding diaryl/α,β-unsaturated/α-hetero) is 1. The van der Waals surface area contributed by atoms with Crippen molar-refractivity contribution in [3.05, 3.63) is 76.6 Å². The topological polar surface area (TPSA) is 66.8 Å². The number of ketones is 1. The number of carbonyl (C=O) groups excluding carboxylic acids is 2. The van der Waals surface area contributed by atoms with Crippen LogP contribution < -0.4 is 0 Å². The standard InChI is InChI=1S/C22H22FNO4/c1-3-14-4-6-15(7-5-14)19-18(20(25)16-8-10-17(23)11-9-16)21(26)22(27)24(19)12-13-28-2/h4-11,19,25H,3,12-13H2,1-2H3/b20-18-. The summed E-state index contributed by atoms with van der Waals surface area (Å²) in [6.45, 7) is 2.50. The Bertz CT molecular complexity index is 903. The highest BCUT2D eigenvalue weighted by molar-refractivity contribution is 6.46. The molecule has 1 fully saturated rings.